The van der Waals surface area contributed by atoms with Crippen molar-refractivity contribution in [2.24, 2.45) is 0 Å². The molecule has 2 aromatic rings. The van der Waals surface area contributed by atoms with Gasteiger partial charge in [-0.2, -0.15) is 0 Å². The first-order valence-corrected chi connectivity index (χ1v) is 8.77. The highest BCUT2D eigenvalue weighted by Crippen LogP contribution is 2.38. The first-order chi connectivity index (χ1) is 12.0. The molecule has 132 valence electrons. The zero-order chi connectivity index (χ0) is 17.9. The fourth-order valence-corrected chi connectivity index (χ4v) is 3.69. The molecule has 0 bridgehead atoms. The van der Waals surface area contributed by atoms with E-state index < -0.39 is 11.7 Å². The Kier molecular flexibility index (Phi) is 5.40. The summed E-state index contributed by atoms with van der Waals surface area (Å²) in [6, 6.07) is 12.2. The molecule has 1 saturated heterocycles. The van der Waals surface area contributed by atoms with Crippen LogP contribution >= 0.6 is 11.6 Å². The van der Waals surface area contributed by atoms with E-state index in [2.05, 4.69) is 5.32 Å². The third-order valence-electron chi connectivity index (χ3n) is 4.85. The monoisotopic (exact) mass is 361 g/mol. The molecule has 1 aliphatic heterocycles. The number of benzene rings is 2. The molecule has 2 aromatic carbocycles. The minimum Gasteiger partial charge on any atom is -0.381 e. The maximum atomic E-state index is 14.0. The van der Waals surface area contributed by atoms with Crippen LogP contribution in [-0.4, -0.2) is 25.7 Å². The summed E-state index contributed by atoms with van der Waals surface area (Å²) in [7, 11) is 0. The highest BCUT2D eigenvalue weighted by Gasteiger charge is 2.36. The Morgan fingerprint density at radius 3 is 2.68 bits per heavy atom. The number of rotatable bonds is 4. The van der Waals surface area contributed by atoms with Crippen LogP contribution in [0.15, 0.2) is 42.5 Å². The molecule has 0 radical (unpaired) electrons. The van der Waals surface area contributed by atoms with Gasteiger partial charge in [-0.05, 0) is 43.5 Å². The molecule has 0 spiro atoms. The predicted octanol–water partition coefficient (Wildman–Crippen LogP) is 4.27. The van der Waals surface area contributed by atoms with Crippen LogP contribution in [0.1, 0.15) is 34.3 Å². The minimum absolute atomic E-state index is 0.0707. The predicted molar refractivity (Wildman–Crippen MR) is 96.7 cm³/mol. The second kappa shape index (κ2) is 7.54. The van der Waals surface area contributed by atoms with Crippen molar-refractivity contribution < 1.29 is 13.9 Å². The Hall–Kier alpha value is -1.91. The molecule has 25 heavy (non-hydrogen) atoms. The molecular formula is C20H21ClFNO2. The van der Waals surface area contributed by atoms with Gasteiger partial charge in [0.1, 0.15) is 5.82 Å². The molecule has 1 aliphatic rings. The first kappa shape index (κ1) is 17.9. The van der Waals surface area contributed by atoms with Crippen LogP contribution in [0.25, 0.3) is 0 Å². The molecular weight excluding hydrogens is 341 g/mol. The van der Waals surface area contributed by atoms with Crippen molar-refractivity contribution in [3.8, 4) is 0 Å². The van der Waals surface area contributed by atoms with E-state index in [4.69, 9.17) is 16.3 Å². The Morgan fingerprint density at radius 1 is 1.24 bits per heavy atom. The van der Waals surface area contributed by atoms with Crippen LogP contribution < -0.4 is 5.32 Å². The van der Waals surface area contributed by atoms with Gasteiger partial charge in [0, 0.05) is 30.2 Å². The van der Waals surface area contributed by atoms with E-state index in [1.165, 1.54) is 6.07 Å². The van der Waals surface area contributed by atoms with E-state index in [9.17, 15) is 9.18 Å². The van der Waals surface area contributed by atoms with Gasteiger partial charge < -0.3 is 10.1 Å². The summed E-state index contributed by atoms with van der Waals surface area (Å²) >= 11 is 6.41. The lowest BCUT2D eigenvalue weighted by Gasteiger charge is -2.38. The molecule has 1 amide bonds. The number of ether oxygens (including phenoxy) is 1. The quantitative estimate of drug-likeness (QED) is 0.883. The van der Waals surface area contributed by atoms with Gasteiger partial charge >= 0.3 is 0 Å². The van der Waals surface area contributed by atoms with Crippen LogP contribution in [-0.2, 0) is 10.2 Å². The Bertz CT molecular complexity index is 772. The molecule has 0 unspecified atom stereocenters. The Labute approximate surface area is 152 Å². The molecule has 1 heterocycles. The van der Waals surface area contributed by atoms with Gasteiger partial charge in [0.2, 0.25) is 0 Å². The topological polar surface area (TPSA) is 38.3 Å². The average Bonchev–Trinajstić information content (AvgIpc) is 2.63. The number of carbonyl (C=O) groups is 1. The lowest BCUT2D eigenvalue weighted by atomic mass is 9.74. The lowest BCUT2D eigenvalue weighted by Crippen LogP contribution is -2.45. The van der Waals surface area contributed by atoms with Crippen LogP contribution in [0.4, 0.5) is 4.39 Å². The molecule has 0 atom stereocenters. The number of hydrogen-bond donors (Lipinski definition) is 1. The van der Waals surface area contributed by atoms with Crippen LogP contribution in [0.5, 0.6) is 0 Å². The standard InChI is InChI=1S/C20H21ClFNO2/c1-14-6-7-18(22)15(12-14)19(24)23-13-20(8-10-25-11-9-20)16-4-2-3-5-17(16)21/h2-7,12H,8-11,13H2,1H3,(H,23,24). The van der Waals surface area contributed by atoms with Gasteiger partial charge in [-0.1, -0.05) is 41.4 Å². The Morgan fingerprint density at radius 2 is 1.96 bits per heavy atom. The van der Waals surface area contributed by atoms with E-state index in [0.29, 0.717) is 24.8 Å². The summed E-state index contributed by atoms with van der Waals surface area (Å²) in [6.07, 6.45) is 1.51. The van der Waals surface area contributed by atoms with Crippen LogP contribution in [0.3, 0.4) is 0 Å². The van der Waals surface area contributed by atoms with Gasteiger partial charge in [-0.25, -0.2) is 4.39 Å². The van der Waals surface area contributed by atoms with Crippen molar-refractivity contribution in [2.75, 3.05) is 19.8 Å². The molecule has 5 heteroatoms. The highest BCUT2D eigenvalue weighted by molar-refractivity contribution is 6.31. The first-order valence-electron chi connectivity index (χ1n) is 8.39. The van der Waals surface area contributed by atoms with Gasteiger partial charge in [0.25, 0.3) is 5.91 Å². The fraction of sp³-hybridized carbons (Fsp3) is 0.350. The Balaban J connectivity index is 1.83. The number of amides is 1. The third kappa shape index (κ3) is 3.86. The minimum atomic E-state index is -0.512. The highest BCUT2D eigenvalue weighted by atomic mass is 35.5. The largest absolute Gasteiger partial charge is 0.381 e. The fourth-order valence-electron chi connectivity index (χ4n) is 3.35. The summed E-state index contributed by atoms with van der Waals surface area (Å²) in [5.41, 5.74) is 1.62. The molecule has 0 saturated carbocycles. The van der Waals surface area contributed by atoms with Gasteiger partial charge in [0.05, 0.1) is 5.56 Å². The van der Waals surface area contributed by atoms with Crippen LogP contribution in [0, 0.1) is 12.7 Å². The summed E-state index contributed by atoms with van der Waals surface area (Å²) in [5, 5.41) is 3.59. The second-order valence-electron chi connectivity index (χ2n) is 6.54. The summed E-state index contributed by atoms with van der Waals surface area (Å²) in [6.45, 7) is 3.45. The summed E-state index contributed by atoms with van der Waals surface area (Å²) < 4.78 is 19.5. The van der Waals surface area contributed by atoms with E-state index in [0.717, 1.165) is 24.0 Å². The third-order valence-corrected chi connectivity index (χ3v) is 5.18. The van der Waals surface area contributed by atoms with E-state index >= 15 is 0 Å². The van der Waals surface area contributed by atoms with Crippen molar-refractivity contribution in [1.82, 2.24) is 5.32 Å². The van der Waals surface area contributed by atoms with Crippen molar-refractivity contribution in [1.29, 1.82) is 0 Å². The van der Waals surface area contributed by atoms with Crippen LogP contribution in [0.2, 0.25) is 5.02 Å². The van der Waals surface area contributed by atoms with E-state index in [1.54, 1.807) is 12.1 Å². The van der Waals surface area contributed by atoms with Gasteiger partial charge in [-0.3, -0.25) is 4.79 Å². The number of hydrogen-bond acceptors (Lipinski definition) is 2. The average molecular weight is 362 g/mol. The molecule has 0 aromatic heterocycles. The van der Waals surface area contributed by atoms with Crippen molar-refractivity contribution in [3.63, 3.8) is 0 Å². The van der Waals surface area contributed by atoms with E-state index in [1.807, 2.05) is 31.2 Å². The number of aryl methyl sites for hydroxylation is 1. The van der Waals surface area contributed by atoms with E-state index in [-0.39, 0.29) is 11.0 Å². The molecule has 0 aliphatic carbocycles. The summed E-state index contributed by atoms with van der Waals surface area (Å²) in [5.74, 6) is -0.916. The normalized spacial score (nSPS) is 16.4. The zero-order valence-corrected chi connectivity index (χ0v) is 14.9. The number of nitrogens with one attached hydrogen (secondary N) is 1. The van der Waals surface area contributed by atoms with Crippen molar-refractivity contribution in [2.45, 2.75) is 25.2 Å². The van der Waals surface area contributed by atoms with Crippen molar-refractivity contribution >= 4 is 17.5 Å². The van der Waals surface area contributed by atoms with Gasteiger partial charge in [0.15, 0.2) is 0 Å². The molecule has 3 rings (SSSR count). The molecule has 3 nitrogen and oxygen atoms in total. The second-order valence-corrected chi connectivity index (χ2v) is 6.95. The van der Waals surface area contributed by atoms with Gasteiger partial charge in [-0.15, -0.1) is 0 Å². The zero-order valence-electron chi connectivity index (χ0n) is 14.1. The van der Waals surface area contributed by atoms with Crippen molar-refractivity contribution in [3.05, 3.63) is 70.0 Å². The maximum absolute atomic E-state index is 14.0. The molecule has 1 N–H and O–H groups in total. The lowest BCUT2D eigenvalue weighted by molar-refractivity contribution is 0.0487. The number of carbonyl (C=O) groups excluding carboxylic acids is 1. The number of halogens is 2. The molecule has 1 fully saturated rings. The maximum Gasteiger partial charge on any atom is 0.254 e. The SMILES string of the molecule is Cc1ccc(F)c(C(=O)NCC2(c3ccccc3Cl)CCOCC2)c1. The summed E-state index contributed by atoms with van der Waals surface area (Å²) in [4.78, 5) is 12.5. The smallest absolute Gasteiger partial charge is 0.254 e.